The largest absolute Gasteiger partial charge is 0.366 e. The molecule has 1 N–H and O–H groups in total. The van der Waals surface area contributed by atoms with E-state index in [2.05, 4.69) is 61.0 Å². The maximum atomic E-state index is 13.3. The van der Waals surface area contributed by atoms with Crippen molar-refractivity contribution in [3.8, 4) is 28.7 Å². The number of thiophene rings is 1. The minimum atomic E-state index is -1.02. The molecule has 0 bridgehead atoms. The molecular weight excluding hydrogens is 691 g/mol. The number of benzene rings is 2. The fraction of sp³-hybridized carbons (Fsp3) is 0.275. The summed E-state index contributed by atoms with van der Waals surface area (Å²) in [5.41, 5.74) is 5.07. The molecule has 1 saturated heterocycles. The SMILES string of the molecule is Cc1nnc2n1-c1sc(C#Cc3cnn(CCCC#Cc4cccc5c4C(=O)N(C4CCC(=O)NC4=O)C5=O)c3)c(Cc3ccccc3)c1CO[C@H]2C. The van der Waals surface area contributed by atoms with Crippen LogP contribution < -0.4 is 5.32 Å². The zero-order valence-electron chi connectivity index (χ0n) is 29.0. The van der Waals surface area contributed by atoms with E-state index in [1.54, 1.807) is 35.7 Å². The molecule has 3 aromatic heterocycles. The number of ether oxygens (including phenoxy) is 1. The number of amides is 4. The van der Waals surface area contributed by atoms with Crippen molar-refractivity contribution in [2.24, 2.45) is 0 Å². The maximum absolute atomic E-state index is 13.3. The van der Waals surface area contributed by atoms with Gasteiger partial charge in [0.1, 0.15) is 23.0 Å². The van der Waals surface area contributed by atoms with Gasteiger partial charge >= 0.3 is 0 Å². The first-order valence-electron chi connectivity index (χ1n) is 17.4. The third-order valence-corrected chi connectivity index (χ3v) is 10.7. The predicted molar refractivity (Wildman–Crippen MR) is 194 cm³/mol. The molecule has 0 saturated carbocycles. The van der Waals surface area contributed by atoms with Gasteiger partial charge in [-0.3, -0.25) is 38.6 Å². The van der Waals surface area contributed by atoms with E-state index >= 15 is 0 Å². The van der Waals surface area contributed by atoms with Crippen LogP contribution in [-0.2, 0) is 33.9 Å². The van der Waals surface area contributed by atoms with E-state index in [4.69, 9.17) is 4.74 Å². The third kappa shape index (κ3) is 6.46. The van der Waals surface area contributed by atoms with Gasteiger partial charge in [-0.25, -0.2) is 0 Å². The first kappa shape index (κ1) is 34.0. The highest BCUT2D eigenvalue weighted by Crippen LogP contribution is 2.39. The van der Waals surface area contributed by atoms with Crippen molar-refractivity contribution in [3.63, 3.8) is 0 Å². The highest BCUT2D eigenvalue weighted by molar-refractivity contribution is 7.15. The Labute approximate surface area is 309 Å². The van der Waals surface area contributed by atoms with Gasteiger partial charge in [0.25, 0.3) is 11.8 Å². The van der Waals surface area contributed by atoms with Crippen molar-refractivity contribution < 1.29 is 23.9 Å². The lowest BCUT2D eigenvalue weighted by Gasteiger charge is -2.27. The van der Waals surface area contributed by atoms with Gasteiger partial charge in [-0.05, 0) is 56.4 Å². The Morgan fingerprint density at radius 2 is 1.85 bits per heavy atom. The number of aromatic nitrogens is 5. The summed E-state index contributed by atoms with van der Waals surface area (Å²) in [4.78, 5) is 52.4. The van der Waals surface area contributed by atoms with Crippen molar-refractivity contribution in [2.45, 2.75) is 71.2 Å². The molecule has 5 aromatic rings. The van der Waals surface area contributed by atoms with Gasteiger partial charge in [0.2, 0.25) is 11.8 Å². The topological polar surface area (TPSA) is 141 Å². The van der Waals surface area contributed by atoms with Crippen molar-refractivity contribution in [3.05, 3.63) is 116 Å². The Kier molecular flexibility index (Phi) is 9.04. The van der Waals surface area contributed by atoms with E-state index in [0.29, 0.717) is 31.6 Å². The maximum Gasteiger partial charge on any atom is 0.263 e. The summed E-state index contributed by atoms with van der Waals surface area (Å²) in [6, 6.07) is 14.3. The number of hydrogen-bond donors (Lipinski definition) is 1. The lowest BCUT2D eigenvalue weighted by Crippen LogP contribution is -2.54. The molecule has 4 amide bonds. The molecule has 6 heterocycles. The zero-order chi connectivity index (χ0) is 36.6. The number of nitrogens with one attached hydrogen (secondary N) is 1. The minimum Gasteiger partial charge on any atom is -0.366 e. The molecule has 3 aliphatic rings. The van der Waals surface area contributed by atoms with Crippen LogP contribution in [0.3, 0.4) is 0 Å². The van der Waals surface area contributed by atoms with Crippen molar-refractivity contribution in [1.82, 2.24) is 34.8 Å². The number of piperidine rings is 1. The number of carbonyl (C=O) groups excluding carboxylic acids is 4. The average molecular weight is 724 g/mol. The molecule has 1 fully saturated rings. The smallest absolute Gasteiger partial charge is 0.263 e. The lowest BCUT2D eigenvalue weighted by molar-refractivity contribution is -0.136. The summed E-state index contributed by atoms with van der Waals surface area (Å²) in [6.07, 6.45) is 5.60. The van der Waals surface area contributed by atoms with E-state index in [1.165, 1.54) is 5.56 Å². The van der Waals surface area contributed by atoms with Gasteiger partial charge < -0.3 is 4.74 Å². The second kappa shape index (κ2) is 14.1. The molecule has 13 heteroatoms. The first-order chi connectivity index (χ1) is 25.8. The predicted octanol–water partition coefficient (Wildman–Crippen LogP) is 4.65. The van der Waals surface area contributed by atoms with Gasteiger partial charge in [0.05, 0.1) is 34.4 Å². The summed E-state index contributed by atoms with van der Waals surface area (Å²) in [5.74, 6) is 12.3. The summed E-state index contributed by atoms with van der Waals surface area (Å²) in [6.45, 7) is 5.03. The standard InChI is InChI=1S/C40H33N7O5S/c1-24-36-44-43-25(2)46(36)40-31(23-52-24)30(20-26-10-5-3-6-11-26)33(53-40)17-15-27-21-41-45(22-27)19-8-4-7-12-28-13-9-14-29-35(28)39(51)47(38(29)50)32-16-18-34(48)42-37(32)49/h3,5-6,9-11,13-14,21-22,24,32H,4,8,16,18-20,23H2,1-2H3,(H,42,48,49)/t24-,32?/m0/s1. The van der Waals surface area contributed by atoms with Crippen molar-refractivity contribution >= 4 is 35.0 Å². The number of carbonyl (C=O) groups is 4. The molecule has 1 unspecified atom stereocenters. The first-order valence-corrected chi connectivity index (χ1v) is 18.2. The number of unbranched alkanes of at least 4 members (excludes halogenated alkanes) is 1. The van der Waals surface area contributed by atoms with E-state index < -0.39 is 29.7 Å². The molecule has 53 heavy (non-hydrogen) atoms. The van der Waals surface area contributed by atoms with Crippen LogP contribution in [0.5, 0.6) is 0 Å². The molecule has 3 aliphatic heterocycles. The molecule has 2 aromatic carbocycles. The number of nitrogens with zero attached hydrogens (tertiary/aromatic N) is 6. The number of fused-ring (bicyclic) bond motifs is 4. The Bertz CT molecular complexity index is 2440. The Morgan fingerprint density at radius 1 is 1.00 bits per heavy atom. The highest BCUT2D eigenvalue weighted by atomic mass is 32.1. The molecular formula is C40H33N7O5S. The van der Waals surface area contributed by atoms with Crippen LogP contribution in [0.1, 0.15) is 104 Å². The second-order valence-electron chi connectivity index (χ2n) is 13.1. The average Bonchev–Trinajstić information content (AvgIpc) is 3.89. The Morgan fingerprint density at radius 3 is 2.68 bits per heavy atom. The van der Waals surface area contributed by atoms with Crippen molar-refractivity contribution in [1.29, 1.82) is 0 Å². The normalized spacial score (nSPS) is 17.6. The molecule has 12 nitrogen and oxygen atoms in total. The fourth-order valence-electron chi connectivity index (χ4n) is 6.86. The lowest BCUT2D eigenvalue weighted by atomic mass is 10.0. The van der Waals surface area contributed by atoms with Gasteiger partial charge in [-0.2, -0.15) is 5.10 Å². The molecule has 0 radical (unpaired) electrons. The number of imide groups is 2. The third-order valence-electron chi connectivity index (χ3n) is 9.55. The second-order valence-corrected chi connectivity index (χ2v) is 14.1. The van der Waals surface area contributed by atoms with Crippen molar-refractivity contribution in [2.75, 3.05) is 0 Å². The van der Waals surface area contributed by atoms with Crippen LogP contribution in [0.4, 0.5) is 0 Å². The zero-order valence-corrected chi connectivity index (χ0v) is 29.8. The molecule has 8 rings (SSSR count). The molecule has 0 aliphatic carbocycles. The summed E-state index contributed by atoms with van der Waals surface area (Å²) in [5, 5.41) is 16.5. The van der Waals surface area contributed by atoms with Gasteiger partial charge in [0.15, 0.2) is 5.82 Å². The molecule has 0 spiro atoms. The summed E-state index contributed by atoms with van der Waals surface area (Å²) < 4.78 is 10.2. The summed E-state index contributed by atoms with van der Waals surface area (Å²) in [7, 11) is 0. The number of rotatable bonds is 6. The van der Waals surface area contributed by atoms with Crippen LogP contribution in [-0.4, -0.2) is 59.1 Å². The van der Waals surface area contributed by atoms with E-state index in [0.717, 1.165) is 49.5 Å². The van der Waals surface area contributed by atoms with E-state index in [9.17, 15) is 19.2 Å². The number of aryl methyl sites for hydroxylation is 2. The van der Waals surface area contributed by atoms with E-state index in [-0.39, 0.29) is 30.1 Å². The molecule has 264 valence electrons. The van der Waals surface area contributed by atoms with Gasteiger partial charge in [-0.1, -0.05) is 60.1 Å². The Balaban J connectivity index is 0.958. The molecule has 2 atom stereocenters. The van der Waals surface area contributed by atoms with Crippen LogP contribution >= 0.6 is 11.3 Å². The Hall–Kier alpha value is -6.15. The monoisotopic (exact) mass is 723 g/mol. The van der Waals surface area contributed by atoms with Crippen LogP contribution in [0.25, 0.3) is 5.00 Å². The fourth-order valence-corrected chi connectivity index (χ4v) is 8.10. The highest BCUT2D eigenvalue weighted by Gasteiger charge is 2.45. The van der Waals surface area contributed by atoms with Gasteiger partial charge in [0, 0.05) is 36.7 Å². The van der Waals surface area contributed by atoms with Gasteiger partial charge in [-0.15, -0.1) is 21.5 Å². The summed E-state index contributed by atoms with van der Waals surface area (Å²) >= 11 is 1.63. The minimum absolute atomic E-state index is 0.0631. The quantitative estimate of drug-likeness (QED) is 0.152. The van der Waals surface area contributed by atoms with Crippen LogP contribution in [0, 0.1) is 30.6 Å². The van der Waals surface area contributed by atoms with E-state index in [1.807, 2.05) is 42.9 Å². The van der Waals surface area contributed by atoms with Crippen LogP contribution in [0.2, 0.25) is 0 Å². The van der Waals surface area contributed by atoms with Crippen LogP contribution in [0.15, 0.2) is 60.9 Å². The number of hydrogen-bond acceptors (Lipinski definition) is 9.